The minimum Gasteiger partial charge on any atom is -0.492 e. The van der Waals surface area contributed by atoms with Crippen LogP contribution in [0, 0.1) is 6.92 Å². The van der Waals surface area contributed by atoms with E-state index in [0.29, 0.717) is 13.2 Å². The van der Waals surface area contributed by atoms with Crippen LogP contribution in [0.2, 0.25) is 0 Å². The fraction of sp³-hybridized carbons (Fsp3) is 0.533. The number of nitrogens with zero attached hydrogens (tertiary/aromatic N) is 1. The minimum absolute atomic E-state index is 0.352. The maximum absolute atomic E-state index is 11.7. The van der Waals surface area contributed by atoms with Gasteiger partial charge in [0.2, 0.25) is 0 Å². The van der Waals surface area contributed by atoms with E-state index in [9.17, 15) is 4.79 Å². The molecule has 5 heteroatoms. The number of likely N-dealkylation sites (N-methyl/N-ethyl adjacent to an activating group) is 1. The molecule has 0 spiro atoms. The van der Waals surface area contributed by atoms with Gasteiger partial charge in [-0.25, -0.2) is 4.79 Å². The van der Waals surface area contributed by atoms with Gasteiger partial charge in [-0.3, -0.25) is 0 Å². The number of rotatable bonds is 4. The number of aryl methyl sites for hydroxylation is 1. The molecule has 0 aromatic heterocycles. The molecule has 1 rings (SSSR count). The fourth-order valence-electron chi connectivity index (χ4n) is 1.47. The van der Waals surface area contributed by atoms with Gasteiger partial charge in [-0.2, -0.15) is 0 Å². The van der Waals surface area contributed by atoms with Crippen molar-refractivity contribution < 1.29 is 14.3 Å². The van der Waals surface area contributed by atoms with Crippen LogP contribution in [-0.4, -0.2) is 36.8 Å². The molecule has 0 fully saturated rings. The summed E-state index contributed by atoms with van der Waals surface area (Å²) in [5.74, 6) is 0.745. The molecule has 0 bridgehead atoms. The molecule has 0 unspecified atom stereocenters. The number of benzene rings is 1. The Morgan fingerprint density at radius 2 is 2.00 bits per heavy atom. The van der Waals surface area contributed by atoms with Crippen LogP contribution in [0.25, 0.3) is 0 Å². The first-order valence-electron chi connectivity index (χ1n) is 6.62. The molecule has 0 aliphatic heterocycles. The lowest BCUT2D eigenvalue weighted by Crippen LogP contribution is -2.36. The van der Waals surface area contributed by atoms with Gasteiger partial charge in [-0.1, -0.05) is 0 Å². The van der Waals surface area contributed by atoms with Gasteiger partial charge in [0.25, 0.3) is 0 Å². The zero-order valence-electron chi connectivity index (χ0n) is 12.9. The van der Waals surface area contributed by atoms with Crippen molar-refractivity contribution in [1.29, 1.82) is 0 Å². The largest absolute Gasteiger partial charge is 0.492 e. The molecule has 1 amide bonds. The molecule has 1 aromatic rings. The smallest absolute Gasteiger partial charge is 0.410 e. The molecule has 0 aliphatic rings. The molecular formula is C15H24N2O3. The Hall–Kier alpha value is -1.91. The van der Waals surface area contributed by atoms with Gasteiger partial charge in [-0.05, 0) is 51.5 Å². The predicted molar refractivity (Wildman–Crippen MR) is 80.0 cm³/mol. The predicted octanol–water partition coefficient (Wildman–Crippen LogP) is 2.82. The van der Waals surface area contributed by atoms with E-state index in [0.717, 1.165) is 17.0 Å². The van der Waals surface area contributed by atoms with Crippen LogP contribution in [0.15, 0.2) is 18.2 Å². The molecule has 0 aliphatic carbocycles. The molecule has 112 valence electrons. The van der Waals surface area contributed by atoms with Crippen LogP contribution in [-0.2, 0) is 4.74 Å². The summed E-state index contributed by atoms with van der Waals surface area (Å²) >= 11 is 0. The number of nitrogens with two attached hydrogens (primary N) is 1. The van der Waals surface area contributed by atoms with E-state index < -0.39 is 5.60 Å². The summed E-state index contributed by atoms with van der Waals surface area (Å²) in [6.07, 6.45) is -0.352. The summed E-state index contributed by atoms with van der Waals surface area (Å²) < 4.78 is 10.8. The summed E-state index contributed by atoms with van der Waals surface area (Å²) in [6.45, 7) is 8.30. The summed E-state index contributed by atoms with van der Waals surface area (Å²) in [7, 11) is 1.69. The average molecular weight is 280 g/mol. The number of hydrogen-bond acceptors (Lipinski definition) is 4. The molecule has 0 heterocycles. The SMILES string of the molecule is Cc1cc(OCCN(C)C(=O)OC(C)(C)C)ccc1N. The normalized spacial score (nSPS) is 11.1. The standard InChI is InChI=1S/C15H24N2O3/c1-11-10-12(6-7-13(11)16)19-9-8-17(5)14(18)20-15(2,3)4/h6-7,10H,8-9,16H2,1-5H3. The number of hydrogen-bond donors (Lipinski definition) is 1. The van der Waals surface area contributed by atoms with Gasteiger partial charge >= 0.3 is 6.09 Å². The quantitative estimate of drug-likeness (QED) is 0.861. The third-order valence-corrected chi connectivity index (χ3v) is 2.64. The van der Waals surface area contributed by atoms with Gasteiger partial charge < -0.3 is 20.1 Å². The Balaban J connectivity index is 2.40. The summed E-state index contributed by atoms with van der Waals surface area (Å²) in [5.41, 5.74) is 6.97. The monoisotopic (exact) mass is 280 g/mol. The highest BCUT2D eigenvalue weighted by Crippen LogP contribution is 2.18. The van der Waals surface area contributed by atoms with Gasteiger partial charge in [0.05, 0.1) is 6.54 Å². The number of ether oxygens (including phenoxy) is 2. The molecule has 5 nitrogen and oxygen atoms in total. The van der Waals surface area contributed by atoms with Crippen molar-refractivity contribution in [1.82, 2.24) is 4.90 Å². The maximum atomic E-state index is 11.7. The van der Waals surface area contributed by atoms with E-state index in [1.54, 1.807) is 7.05 Å². The second-order valence-electron chi connectivity index (χ2n) is 5.77. The second-order valence-corrected chi connectivity index (χ2v) is 5.77. The summed E-state index contributed by atoms with van der Waals surface area (Å²) in [4.78, 5) is 13.2. The molecule has 1 aromatic carbocycles. The van der Waals surface area contributed by atoms with Gasteiger partial charge in [0.15, 0.2) is 0 Å². The van der Waals surface area contributed by atoms with E-state index >= 15 is 0 Å². The Bertz CT molecular complexity index is 467. The molecule has 2 N–H and O–H groups in total. The summed E-state index contributed by atoms with van der Waals surface area (Å²) in [6, 6.07) is 5.50. The van der Waals surface area contributed by atoms with E-state index in [1.807, 2.05) is 45.9 Å². The highest BCUT2D eigenvalue weighted by atomic mass is 16.6. The van der Waals surface area contributed by atoms with Crippen molar-refractivity contribution in [2.24, 2.45) is 0 Å². The first-order chi connectivity index (χ1) is 9.19. The lowest BCUT2D eigenvalue weighted by Gasteiger charge is -2.24. The van der Waals surface area contributed by atoms with Crippen molar-refractivity contribution in [3.05, 3.63) is 23.8 Å². The van der Waals surface area contributed by atoms with Crippen molar-refractivity contribution in [2.45, 2.75) is 33.3 Å². The Morgan fingerprint density at radius 1 is 1.35 bits per heavy atom. The first kappa shape index (κ1) is 16.1. The first-order valence-corrected chi connectivity index (χ1v) is 6.62. The number of nitrogen functional groups attached to an aromatic ring is 1. The van der Waals surface area contributed by atoms with Crippen LogP contribution in [0.3, 0.4) is 0 Å². The van der Waals surface area contributed by atoms with Crippen LogP contribution < -0.4 is 10.5 Å². The minimum atomic E-state index is -0.486. The van der Waals surface area contributed by atoms with E-state index in [2.05, 4.69) is 0 Å². The van der Waals surface area contributed by atoms with Gasteiger partial charge in [-0.15, -0.1) is 0 Å². The number of anilines is 1. The van der Waals surface area contributed by atoms with E-state index in [4.69, 9.17) is 15.2 Å². The molecule has 0 radical (unpaired) electrons. The highest BCUT2D eigenvalue weighted by Gasteiger charge is 2.19. The molecule has 0 atom stereocenters. The third-order valence-electron chi connectivity index (χ3n) is 2.64. The topological polar surface area (TPSA) is 64.8 Å². The van der Waals surface area contributed by atoms with E-state index in [1.165, 1.54) is 4.90 Å². The summed E-state index contributed by atoms with van der Waals surface area (Å²) in [5, 5.41) is 0. The van der Waals surface area contributed by atoms with E-state index in [-0.39, 0.29) is 6.09 Å². The lowest BCUT2D eigenvalue weighted by molar-refractivity contribution is 0.0278. The van der Waals surface area contributed by atoms with Crippen molar-refractivity contribution >= 4 is 11.8 Å². The van der Waals surface area contributed by atoms with Gasteiger partial charge in [0, 0.05) is 12.7 Å². The Kier molecular flexibility index (Phi) is 5.25. The fourth-order valence-corrected chi connectivity index (χ4v) is 1.47. The maximum Gasteiger partial charge on any atom is 0.410 e. The number of carbonyl (C=O) groups excluding carboxylic acids is 1. The molecular weight excluding hydrogens is 256 g/mol. The molecule has 0 saturated carbocycles. The zero-order valence-corrected chi connectivity index (χ0v) is 12.9. The second kappa shape index (κ2) is 6.50. The van der Waals surface area contributed by atoms with Gasteiger partial charge in [0.1, 0.15) is 18.0 Å². The molecule has 0 saturated heterocycles. The molecule has 20 heavy (non-hydrogen) atoms. The number of carbonyl (C=O) groups is 1. The van der Waals surface area contributed by atoms with Crippen molar-refractivity contribution in [3.63, 3.8) is 0 Å². The Morgan fingerprint density at radius 3 is 2.55 bits per heavy atom. The van der Waals surface area contributed by atoms with Crippen LogP contribution in [0.4, 0.5) is 10.5 Å². The van der Waals surface area contributed by atoms with Crippen LogP contribution >= 0.6 is 0 Å². The lowest BCUT2D eigenvalue weighted by atomic mass is 10.2. The zero-order chi connectivity index (χ0) is 15.3. The van der Waals surface area contributed by atoms with Crippen molar-refractivity contribution in [3.8, 4) is 5.75 Å². The highest BCUT2D eigenvalue weighted by molar-refractivity contribution is 5.67. The average Bonchev–Trinajstić information content (AvgIpc) is 2.31. The third kappa shape index (κ3) is 5.38. The van der Waals surface area contributed by atoms with Crippen molar-refractivity contribution in [2.75, 3.05) is 25.9 Å². The van der Waals surface area contributed by atoms with Crippen LogP contribution in [0.1, 0.15) is 26.3 Å². The Labute approximate surface area is 120 Å². The van der Waals surface area contributed by atoms with Crippen LogP contribution in [0.5, 0.6) is 5.75 Å². The number of amides is 1.